The van der Waals surface area contributed by atoms with Crippen LogP contribution < -0.4 is 14.2 Å². The first-order valence-electron chi connectivity index (χ1n) is 7.28. The van der Waals surface area contributed by atoms with Gasteiger partial charge in [0.25, 0.3) is 0 Å². The molecule has 0 bridgehead atoms. The predicted molar refractivity (Wildman–Crippen MR) is 101 cm³/mol. The van der Waals surface area contributed by atoms with Crippen molar-refractivity contribution in [2.45, 2.75) is 0 Å². The van der Waals surface area contributed by atoms with E-state index in [4.69, 9.17) is 14.2 Å². The lowest BCUT2D eigenvalue weighted by Crippen LogP contribution is -2.00. The van der Waals surface area contributed by atoms with Crippen LogP contribution in [0.1, 0.15) is 0 Å². The van der Waals surface area contributed by atoms with E-state index in [1.807, 2.05) is 35.0 Å². The van der Waals surface area contributed by atoms with Crippen LogP contribution in [0, 0.1) is 3.57 Å². The molecule has 0 saturated heterocycles. The van der Waals surface area contributed by atoms with Crippen LogP contribution in [0.5, 0.6) is 17.2 Å². The first-order valence-corrected chi connectivity index (χ1v) is 8.36. The maximum atomic E-state index is 5.44. The Balaban J connectivity index is 2.14. The Morgan fingerprint density at radius 3 is 2.04 bits per heavy atom. The number of aromatic nitrogens is 2. The molecule has 0 radical (unpaired) electrons. The van der Waals surface area contributed by atoms with Crippen molar-refractivity contribution in [2.75, 3.05) is 21.3 Å². The van der Waals surface area contributed by atoms with Crippen LogP contribution in [0.4, 0.5) is 0 Å². The molecule has 124 valence electrons. The van der Waals surface area contributed by atoms with Crippen molar-refractivity contribution < 1.29 is 14.2 Å². The lowest BCUT2D eigenvalue weighted by atomic mass is 10.1. The van der Waals surface area contributed by atoms with Gasteiger partial charge in [-0.1, -0.05) is 0 Å². The SMILES string of the molecule is COc1cc(-c2ccnn2-c2ccc(I)cc2)cc(OC)c1OC. The van der Waals surface area contributed by atoms with Gasteiger partial charge in [-0.2, -0.15) is 5.10 Å². The summed E-state index contributed by atoms with van der Waals surface area (Å²) in [6.45, 7) is 0. The largest absolute Gasteiger partial charge is 0.493 e. The first kappa shape index (κ1) is 16.6. The monoisotopic (exact) mass is 436 g/mol. The highest BCUT2D eigenvalue weighted by Crippen LogP contribution is 2.41. The van der Waals surface area contributed by atoms with E-state index in [1.54, 1.807) is 27.5 Å². The highest BCUT2D eigenvalue weighted by molar-refractivity contribution is 14.1. The lowest BCUT2D eigenvalue weighted by molar-refractivity contribution is 0.324. The Kier molecular flexibility index (Phi) is 4.94. The van der Waals surface area contributed by atoms with Gasteiger partial charge in [0.1, 0.15) is 0 Å². The second-order valence-electron chi connectivity index (χ2n) is 5.02. The molecule has 1 aromatic heterocycles. The number of benzene rings is 2. The topological polar surface area (TPSA) is 45.5 Å². The van der Waals surface area contributed by atoms with E-state index in [0.29, 0.717) is 17.2 Å². The minimum absolute atomic E-state index is 0.573. The van der Waals surface area contributed by atoms with Gasteiger partial charge in [-0.05, 0) is 65.1 Å². The molecule has 6 heteroatoms. The van der Waals surface area contributed by atoms with Crippen LogP contribution in [-0.2, 0) is 0 Å². The molecule has 5 nitrogen and oxygen atoms in total. The van der Waals surface area contributed by atoms with Crippen molar-refractivity contribution in [2.24, 2.45) is 0 Å². The van der Waals surface area contributed by atoms with Crippen molar-refractivity contribution in [1.82, 2.24) is 9.78 Å². The molecule has 3 rings (SSSR count). The molecule has 0 spiro atoms. The second kappa shape index (κ2) is 7.12. The van der Waals surface area contributed by atoms with E-state index in [1.165, 1.54) is 3.57 Å². The summed E-state index contributed by atoms with van der Waals surface area (Å²) in [6, 6.07) is 14.0. The molecule has 0 aliphatic heterocycles. The zero-order valence-corrected chi connectivity index (χ0v) is 15.8. The number of halogens is 1. The van der Waals surface area contributed by atoms with Gasteiger partial charge in [0.15, 0.2) is 11.5 Å². The summed E-state index contributed by atoms with van der Waals surface area (Å²) in [4.78, 5) is 0. The number of nitrogens with zero attached hydrogens (tertiary/aromatic N) is 2. The lowest BCUT2D eigenvalue weighted by Gasteiger charge is -2.15. The van der Waals surface area contributed by atoms with Crippen molar-refractivity contribution >= 4 is 22.6 Å². The molecule has 3 aromatic rings. The Labute approximate surface area is 154 Å². The Bertz CT molecular complexity index is 819. The Morgan fingerprint density at radius 2 is 1.50 bits per heavy atom. The molecule has 2 aromatic carbocycles. The van der Waals surface area contributed by atoms with Crippen molar-refractivity contribution in [1.29, 1.82) is 0 Å². The zero-order chi connectivity index (χ0) is 17.1. The summed E-state index contributed by atoms with van der Waals surface area (Å²) in [6.07, 6.45) is 1.77. The maximum absolute atomic E-state index is 5.44. The first-order chi connectivity index (χ1) is 11.7. The highest BCUT2D eigenvalue weighted by Gasteiger charge is 2.16. The molecule has 0 aliphatic carbocycles. The van der Waals surface area contributed by atoms with Gasteiger partial charge >= 0.3 is 0 Å². The normalized spacial score (nSPS) is 10.5. The average Bonchev–Trinajstić information content (AvgIpc) is 3.10. The molecule has 0 amide bonds. The third kappa shape index (κ3) is 3.06. The van der Waals surface area contributed by atoms with E-state index in [-0.39, 0.29) is 0 Å². The molecule has 0 fully saturated rings. The summed E-state index contributed by atoms with van der Waals surface area (Å²) in [5.41, 5.74) is 2.86. The number of ether oxygens (including phenoxy) is 3. The Hall–Kier alpha value is -2.22. The van der Waals surface area contributed by atoms with Crippen molar-refractivity contribution in [3.8, 4) is 34.2 Å². The van der Waals surface area contributed by atoms with Crippen LogP contribution >= 0.6 is 22.6 Å². The van der Waals surface area contributed by atoms with E-state index < -0.39 is 0 Å². The molecule has 0 atom stereocenters. The molecule has 24 heavy (non-hydrogen) atoms. The molecule has 0 N–H and O–H groups in total. The Morgan fingerprint density at radius 1 is 0.875 bits per heavy atom. The van der Waals surface area contributed by atoms with Gasteiger partial charge in [-0.25, -0.2) is 4.68 Å². The molecular formula is C18H17IN2O3. The smallest absolute Gasteiger partial charge is 0.203 e. The van der Waals surface area contributed by atoms with Crippen LogP contribution in [0.3, 0.4) is 0 Å². The minimum atomic E-state index is 0.573. The van der Waals surface area contributed by atoms with Crippen LogP contribution in [0.15, 0.2) is 48.7 Å². The van der Waals surface area contributed by atoms with Crippen molar-refractivity contribution in [3.05, 3.63) is 52.2 Å². The molecule has 0 saturated carbocycles. The standard InChI is InChI=1S/C18H17IN2O3/c1-22-16-10-12(11-17(23-2)18(16)24-3)15-8-9-20-21(15)14-6-4-13(19)5-7-14/h4-11H,1-3H3. The number of hydrogen-bond donors (Lipinski definition) is 0. The van der Waals surface area contributed by atoms with E-state index in [2.05, 4.69) is 39.8 Å². The number of methoxy groups -OCH3 is 3. The predicted octanol–water partition coefficient (Wildman–Crippen LogP) is 4.17. The average molecular weight is 436 g/mol. The van der Waals surface area contributed by atoms with Crippen molar-refractivity contribution in [3.63, 3.8) is 0 Å². The fourth-order valence-corrected chi connectivity index (χ4v) is 2.90. The fourth-order valence-electron chi connectivity index (χ4n) is 2.54. The van der Waals surface area contributed by atoms with Gasteiger partial charge in [0.05, 0.1) is 38.9 Å². The van der Waals surface area contributed by atoms with Crippen LogP contribution in [-0.4, -0.2) is 31.1 Å². The van der Waals surface area contributed by atoms with Gasteiger partial charge in [0, 0.05) is 9.13 Å². The molecular weight excluding hydrogens is 419 g/mol. The van der Waals surface area contributed by atoms with E-state index in [0.717, 1.165) is 16.9 Å². The molecule has 0 aliphatic rings. The molecule has 1 heterocycles. The zero-order valence-electron chi connectivity index (χ0n) is 13.6. The maximum Gasteiger partial charge on any atom is 0.203 e. The van der Waals surface area contributed by atoms with Crippen LogP contribution in [0.25, 0.3) is 16.9 Å². The van der Waals surface area contributed by atoms with E-state index in [9.17, 15) is 0 Å². The molecule has 0 unspecified atom stereocenters. The highest BCUT2D eigenvalue weighted by atomic mass is 127. The van der Waals surface area contributed by atoms with Gasteiger partial charge in [-0.15, -0.1) is 0 Å². The summed E-state index contributed by atoms with van der Waals surface area (Å²) < 4.78 is 19.3. The quantitative estimate of drug-likeness (QED) is 0.564. The van der Waals surface area contributed by atoms with Gasteiger partial charge < -0.3 is 14.2 Å². The fraction of sp³-hybridized carbons (Fsp3) is 0.167. The summed E-state index contributed by atoms with van der Waals surface area (Å²) >= 11 is 2.28. The minimum Gasteiger partial charge on any atom is -0.493 e. The third-order valence-corrected chi connectivity index (χ3v) is 4.39. The van der Waals surface area contributed by atoms with E-state index >= 15 is 0 Å². The van der Waals surface area contributed by atoms with Gasteiger partial charge in [0.2, 0.25) is 5.75 Å². The number of hydrogen-bond acceptors (Lipinski definition) is 4. The third-order valence-electron chi connectivity index (χ3n) is 3.67. The van der Waals surface area contributed by atoms with Crippen LogP contribution in [0.2, 0.25) is 0 Å². The number of rotatable bonds is 5. The summed E-state index contributed by atoms with van der Waals surface area (Å²) in [7, 11) is 4.81. The second-order valence-corrected chi connectivity index (χ2v) is 6.26. The van der Waals surface area contributed by atoms with Gasteiger partial charge in [-0.3, -0.25) is 0 Å². The summed E-state index contributed by atoms with van der Waals surface area (Å²) in [5, 5.41) is 4.45. The summed E-state index contributed by atoms with van der Waals surface area (Å²) in [5.74, 6) is 1.80.